The first-order valence-electron chi connectivity index (χ1n) is 5.80. The highest BCUT2D eigenvalue weighted by Crippen LogP contribution is 2.30. The Morgan fingerprint density at radius 3 is 3.12 bits per heavy atom. The summed E-state index contributed by atoms with van der Waals surface area (Å²) in [6, 6.07) is 0.522. The number of fused-ring (bicyclic) bond motifs is 1. The van der Waals surface area contributed by atoms with Gasteiger partial charge in [0.15, 0.2) is 11.5 Å². The molecule has 2 aromatic rings. The summed E-state index contributed by atoms with van der Waals surface area (Å²) < 4.78 is 0. The molecule has 17 heavy (non-hydrogen) atoms. The van der Waals surface area contributed by atoms with Gasteiger partial charge in [0.05, 0.1) is 6.33 Å². The lowest BCUT2D eigenvalue weighted by atomic mass is 10.2. The molecule has 5 nitrogen and oxygen atoms in total. The van der Waals surface area contributed by atoms with Crippen molar-refractivity contribution in [3.05, 3.63) is 12.7 Å². The van der Waals surface area contributed by atoms with Gasteiger partial charge in [0.25, 0.3) is 0 Å². The van der Waals surface area contributed by atoms with E-state index < -0.39 is 0 Å². The standard InChI is InChI=1S/C11H15N5S/c1-17-8-3-2-7(4-8)16-11-9-10(13-5-12-9)14-6-15-11/h5-8H,2-4H2,1H3,(H2,12,13,14,15,16). The zero-order valence-electron chi connectivity index (χ0n) is 9.68. The highest BCUT2D eigenvalue weighted by atomic mass is 32.2. The Kier molecular flexibility index (Phi) is 2.88. The SMILES string of the molecule is CSC1CCC(Nc2ncnc3nc[nH]c23)C1. The second-order valence-electron chi connectivity index (χ2n) is 4.34. The second kappa shape index (κ2) is 4.52. The van der Waals surface area contributed by atoms with Crippen LogP contribution in [0.25, 0.3) is 11.2 Å². The number of aromatic amines is 1. The average Bonchev–Trinajstić information content (AvgIpc) is 2.97. The molecule has 0 aliphatic heterocycles. The number of aromatic nitrogens is 4. The van der Waals surface area contributed by atoms with Crippen LogP contribution in [0.1, 0.15) is 19.3 Å². The van der Waals surface area contributed by atoms with Gasteiger partial charge in [-0.2, -0.15) is 11.8 Å². The third-order valence-electron chi connectivity index (χ3n) is 3.28. The van der Waals surface area contributed by atoms with Crippen molar-refractivity contribution in [1.29, 1.82) is 0 Å². The number of imidazole rings is 1. The number of nitrogens with one attached hydrogen (secondary N) is 2. The van der Waals surface area contributed by atoms with Crippen LogP contribution in [0.5, 0.6) is 0 Å². The third-order valence-corrected chi connectivity index (χ3v) is 4.38. The number of thioether (sulfide) groups is 1. The number of rotatable bonds is 3. The van der Waals surface area contributed by atoms with Gasteiger partial charge in [-0.1, -0.05) is 0 Å². The Balaban J connectivity index is 1.79. The average molecular weight is 249 g/mol. The normalized spacial score (nSPS) is 24.3. The maximum absolute atomic E-state index is 4.29. The van der Waals surface area contributed by atoms with Crippen LogP contribution in [0, 0.1) is 0 Å². The van der Waals surface area contributed by atoms with Gasteiger partial charge in [-0.05, 0) is 25.5 Å². The molecule has 2 aromatic heterocycles. The maximum Gasteiger partial charge on any atom is 0.182 e. The summed E-state index contributed by atoms with van der Waals surface area (Å²) in [5.74, 6) is 0.874. The van der Waals surface area contributed by atoms with E-state index in [1.165, 1.54) is 19.3 Å². The lowest BCUT2D eigenvalue weighted by Gasteiger charge is -2.13. The molecule has 0 aromatic carbocycles. The smallest absolute Gasteiger partial charge is 0.182 e. The molecule has 1 aliphatic carbocycles. The Morgan fingerprint density at radius 2 is 2.29 bits per heavy atom. The summed E-state index contributed by atoms with van der Waals surface area (Å²) in [7, 11) is 0. The van der Waals surface area contributed by atoms with Crippen LogP contribution in [0.4, 0.5) is 5.82 Å². The zero-order chi connectivity index (χ0) is 11.7. The van der Waals surface area contributed by atoms with Crippen molar-refractivity contribution in [3.63, 3.8) is 0 Å². The van der Waals surface area contributed by atoms with Crippen LogP contribution in [-0.4, -0.2) is 37.5 Å². The first-order valence-corrected chi connectivity index (χ1v) is 7.09. The summed E-state index contributed by atoms with van der Waals surface area (Å²) in [4.78, 5) is 15.6. The van der Waals surface area contributed by atoms with Crippen LogP contribution in [0.15, 0.2) is 12.7 Å². The first-order chi connectivity index (χ1) is 8.36. The fourth-order valence-corrected chi connectivity index (χ4v) is 3.15. The van der Waals surface area contributed by atoms with E-state index in [9.17, 15) is 0 Å². The van der Waals surface area contributed by atoms with Crippen LogP contribution >= 0.6 is 11.8 Å². The van der Waals surface area contributed by atoms with Crippen molar-refractivity contribution in [2.24, 2.45) is 0 Å². The number of hydrogen-bond donors (Lipinski definition) is 2. The molecule has 1 aliphatic rings. The predicted molar refractivity (Wildman–Crippen MR) is 70.2 cm³/mol. The van der Waals surface area contributed by atoms with Gasteiger partial charge in [0.2, 0.25) is 0 Å². The van der Waals surface area contributed by atoms with Gasteiger partial charge in [0, 0.05) is 11.3 Å². The molecule has 0 saturated heterocycles. The lowest BCUT2D eigenvalue weighted by Crippen LogP contribution is -2.17. The minimum Gasteiger partial charge on any atom is -0.365 e. The molecule has 0 bridgehead atoms. The van der Waals surface area contributed by atoms with Crippen molar-refractivity contribution in [2.45, 2.75) is 30.6 Å². The molecule has 2 N–H and O–H groups in total. The van der Waals surface area contributed by atoms with Gasteiger partial charge in [-0.25, -0.2) is 15.0 Å². The van der Waals surface area contributed by atoms with Crippen molar-refractivity contribution in [2.75, 3.05) is 11.6 Å². The molecular weight excluding hydrogens is 234 g/mol. The van der Waals surface area contributed by atoms with E-state index in [4.69, 9.17) is 0 Å². The molecular formula is C11H15N5S. The number of anilines is 1. The minimum atomic E-state index is 0.522. The van der Waals surface area contributed by atoms with Crippen LogP contribution in [0.2, 0.25) is 0 Å². The fraction of sp³-hybridized carbons (Fsp3) is 0.545. The van der Waals surface area contributed by atoms with E-state index in [0.29, 0.717) is 6.04 Å². The predicted octanol–water partition coefficient (Wildman–Crippen LogP) is 2.05. The Hall–Kier alpha value is -1.30. The zero-order valence-corrected chi connectivity index (χ0v) is 10.5. The summed E-state index contributed by atoms with van der Waals surface area (Å²) >= 11 is 1.96. The van der Waals surface area contributed by atoms with E-state index in [0.717, 1.165) is 22.2 Å². The fourth-order valence-electron chi connectivity index (χ4n) is 2.35. The summed E-state index contributed by atoms with van der Waals surface area (Å²) in [6.45, 7) is 0. The van der Waals surface area contributed by atoms with Crippen LogP contribution < -0.4 is 5.32 Å². The third kappa shape index (κ3) is 2.09. The van der Waals surface area contributed by atoms with Gasteiger partial charge in [-0.15, -0.1) is 0 Å². The first kappa shape index (κ1) is 10.8. The number of hydrogen-bond acceptors (Lipinski definition) is 5. The molecule has 2 unspecified atom stereocenters. The topological polar surface area (TPSA) is 66.5 Å². The quantitative estimate of drug-likeness (QED) is 0.871. The molecule has 90 valence electrons. The largest absolute Gasteiger partial charge is 0.365 e. The van der Waals surface area contributed by atoms with E-state index >= 15 is 0 Å². The number of nitrogens with zero attached hydrogens (tertiary/aromatic N) is 3. The highest BCUT2D eigenvalue weighted by molar-refractivity contribution is 7.99. The molecule has 1 saturated carbocycles. The summed E-state index contributed by atoms with van der Waals surface area (Å²) in [6.07, 6.45) is 9.11. The van der Waals surface area contributed by atoms with Crippen molar-refractivity contribution < 1.29 is 0 Å². The van der Waals surface area contributed by atoms with Crippen molar-refractivity contribution >= 4 is 28.7 Å². The van der Waals surface area contributed by atoms with Crippen molar-refractivity contribution in [3.8, 4) is 0 Å². The summed E-state index contributed by atoms with van der Waals surface area (Å²) in [5, 5.41) is 4.28. The Morgan fingerprint density at radius 1 is 1.35 bits per heavy atom. The van der Waals surface area contributed by atoms with E-state index in [-0.39, 0.29) is 0 Å². The number of H-pyrrole nitrogens is 1. The highest BCUT2D eigenvalue weighted by Gasteiger charge is 2.24. The van der Waals surface area contributed by atoms with Gasteiger partial charge in [0.1, 0.15) is 11.8 Å². The monoisotopic (exact) mass is 249 g/mol. The van der Waals surface area contributed by atoms with E-state index in [1.54, 1.807) is 12.7 Å². The van der Waals surface area contributed by atoms with E-state index in [2.05, 4.69) is 31.5 Å². The van der Waals surface area contributed by atoms with Gasteiger partial charge < -0.3 is 10.3 Å². The minimum absolute atomic E-state index is 0.522. The Labute approximate surface area is 104 Å². The second-order valence-corrected chi connectivity index (χ2v) is 5.47. The summed E-state index contributed by atoms with van der Waals surface area (Å²) in [5.41, 5.74) is 1.63. The molecule has 0 spiro atoms. The molecule has 0 amide bonds. The molecule has 0 radical (unpaired) electrons. The van der Waals surface area contributed by atoms with Crippen LogP contribution in [0.3, 0.4) is 0 Å². The van der Waals surface area contributed by atoms with Gasteiger partial charge >= 0.3 is 0 Å². The Bertz CT molecular complexity index is 511. The van der Waals surface area contributed by atoms with E-state index in [1.807, 2.05) is 11.8 Å². The van der Waals surface area contributed by atoms with Gasteiger partial charge in [-0.3, -0.25) is 0 Å². The maximum atomic E-state index is 4.29. The molecule has 3 rings (SSSR count). The van der Waals surface area contributed by atoms with Crippen molar-refractivity contribution in [1.82, 2.24) is 19.9 Å². The molecule has 2 heterocycles. The molecule has 6 heteroatoms. The molecule has 2 atom stereocenters. The van der Waals surface area contributed by atoms with Crippen LogP contribution in [-0.2, 0) is 0 Å². The lowest BCUT2D eigenvalue weighted by molar-refractivity contribution is 0.753. The molecule has 1 fully saturated rings.